The third kappa shape index (κ3) is 2.54. The van der Waals surface area contributed by atoms with Gasteiger partial charge in [-0.3, -0.25) is 14.2 Å². The number of hydrogen-bond acceptors (Lipinski definition) is 2. The van der Waals surface area contributed by atoms with Gasteiger partial charge in [-0.2, -0.15) is 0 Å². The molecular formula is C17H12BrNO2. The lowest BCUT2D eigenvalue weighted by molar-refractivity contribution is 0.0919. The molecule has 0 amide bonds. The zero-order valence-electron chi connectivity index (χ0n) is 11.1. The number of carbonyl (C=O) groups excluding carboxylic acids is 2. The van der Waals surface area contributed by atoms with Crippen molar-refractivity contribution in [2.75, 3.05) is 0 Å². The van der Waals surface area contributed by atoms with Crippen LogP contribution >= 0.6 is 15.9 Å². The van der Waals surface area contributed by atoms with Gasteiger partial charge in [0.15, 0.2) is 6.29 Å². The average molecular weight is 342 g/mol. The van der Waals surface area contributed by atoms with Crippen LogP contribution in [0.3, 0.4) is 0 Å². The van der Waals surface area contributed by atoms with Gasteiger partial charge >= 0.3 is 0 Å². The van der Waals surface area contributed by atoms with E-state index >= 15 is 0 Å². The predicted molar refractivity (Wildman–Crippen MR) is 85.8 cm³/mol. The highest BCUT2D eigenvalue weighted by Crippen LogP contribution is 2.22. The summed E-state index contributed by atoms with van der Waals surface area (Å²) in [6.45, 7) is 0. The number of nitrogens with zero attached hydrogens (tertiary/aromatic N) is 1. The minimum absolute atomic E-state index is 0.0637. The zero-order valence-corrected chi connectivity index (χ0v) is 12.7. The number of para-hydroxylation sites is 1. The molecule has 3 nitrogen and oxygen atoms in total. The number of hydrogen-bond donors (Lipinski definition) is 0. The molecule has 0 aliphatic heterocycles. The van der Waals surface area contributed by atoms with E-state index in [4.69, 9.17) is 0 Å². The second-order valence-electron chi connectivity index (χ2n) is 4.75. The normalized spacial score (nSPS) is 10.7. The minimum atomic E-state index is -0.0637. The van der Waals surface area contributed by atoms with Gasteiger partial charge in [0.25, 0.3) is 0 Å². The van der Waals surface area contributed by atoms with E-state index in [0.29, 0.717) is 5.56 Å². The van der Waals surface area contributed by atoms with Crippen LogP contribution in [0.1, 0.15) is 20.7 Å². The van der Waals surface area contributed by atoms with Crippen molar-refractivity contribution in [2.45, 2.75) is 6.42 Å². The SMILES string of the molecule is O=Cc1cn(C(=O)Cc2ccccc2Br)c2ccccc12. The molecule has 0 aliphatic rings. The second-order valence-corrected chi connectivity index (χ2v) is 5.61. The highest BCUT2D eigenvalue weighted by molar-refractivity contribution is 9.10. The van der Waals surface area contributed by atoms with E-state index < -0.39 is 0 Å². The quantitative estimate of drug-likeness (QED) is 0.672. The van der Waals surface area contributed by atoms with E-state index in [-0.39, 0.29) is 12.3 Å². The molecule has 104 valence electrons. The van der Waals surface area contributed by atoms with Crippen LogP contribution in [0.15, 0.2) is 59.2 Å². The van der Waals surface area contributed by atoms with Gasteiger partial charge < -0.3 is 0 Å². The Balaban J connectivity index is 2.03. The van der Waals surface area contributed by atoms with Gasteiger partial charge in [0.1, 0.15) is 0 Å². The number of halogens is 1. The van der Waals surface area contributed by atoms with Crippen molar-refractivity contribution in [3.63, 3.8) is 0 Å². The zero-order chi connectivity index (χ0) is 14.8. The van der Waals surface area contributed by atoms with Crippen LogP contribution in [0.4, 0.5) is 0 Å². The maximum Gasteiger partial charge on any atom is 0.235 e. The summed E-state index contributed by atoms with van der Waals surface area (Å²) in [4.78, 5) is 23.7. The maximum atomic E-state index is 12.5. The number of rotatable bonds is 3. The summed E-state index contributed by atoms with van der Waals surface area (Å²) in [7, 11) is 0. The molecule has 0 fully saturated rings. The van der Waals surface area contributed by atoms with Gasteiger partial charge in [0.2, 0.25) is 5.91 Å². The largest absolute Gasteiger partial charge is 0.298 e. The first-order valence-electron chi connectivity index (χ1n) is 6.52. The molecule has 4 heteroatoms. The van der Waals surface area contributed by atoms with Gasteiger partial charge in [0, 0.05) is 21.6 Å². The van der Waals surface area contributed by atoms with Gasteiger partial charge in [-0.15, -0.1) is 0 Å². The summed E-state index contributed by atoms with van der Waals surface area (Å²) in [5, 5.41) is 0.799. The van der Waals surface area contributed by atoms with Crippen LogP contribution in [0.5, 0.6) is 0 Å². The Morgan fingerprint density at radius 2 is 1.81 bits per heavy atom. The van der Waals surface area contributed by atoms with E-state index in [1.54, 1.807) is 10.8 Å². The standard InChI is InChI=1S/C17H12BrNO2/c18-15-7-3-1-5-12(15)9-17(21)19-10-13(11-20)14-6-2-4-8-16(14)19/h1-8,10-11H,9H2. The molecule has 21 heavy (non-hydrogen) atoms. The monoisotopic (exact) mass is 341 g/mol. The molecule has 0 N–H and O–H groups in total. The van der Waals surface area contributed by atoms with Crippen molar-refractivity contribution in [2.24, 2.45) is 0 Å². The molecule has 0 unspecified atom stereocenters. The average Bonchev–Trinajstić information content (AvgIpc) is 2.88. The molecule has 3 aromatic rings. The fraction of sp³-hybridized carbons (Fsp3) is 0.0588. The summed E-state index contributed by atoms with van der Waals surface area (Å²) < 4.78 is 2.46. The van der Waals surface area contributed by atoms with Crippen molar-refractivity contribution >= 4 is 39.0 Å². The summed E-state index contributed by atoms with van der Waals surface area (Å²) in [5.74, 6) is -0.0637. The number of aromatic nitrogens is 1. The molecule has 3 rings (SSSR count). The topological polar surface area (TPSA) is 39.1 Å². The molecule has 0 saturated heterocycles. The van der Waals surface area contributed by atoms with Crippen molar-refractivity contribution in [3.05, 3.63) is 70.3 Å². The lowest BCUT2D eigenvalue weighted by Crippen LogP contribution is -2.12. The van der Waals surface area contributed by atoms with E-state index in [1.165, 1.54) is 0 Å². The number of aldehydes is 1. The Kier molecular flexibility index (Phi) is 3.71. The Morgan fingerprint density at radius 3 is 2.57 bits per heavy atom. The van der Waals surface area contributed by atoms with Crippen molar-refractivity contribution in [3.8, 4) is 0 Å². The van der Waals surface area contributed by atoms with E-state index in [2.05, 4.69) is 15.9 Å². The molecule has 1 heterocycles. The van der Waals surface area contributed by atoms with Crippen LogP contribution in [-0.4, -0.2) is 16.8 Å². The molecule has 0 radical (unpaired) electrons. The highest BCUT2D eigenvalue weighted by atomic mass is 79.9. The molecule has 0 bridgehead atoms. The van der Waals surface area contributed by atoms with Gasteiger partial charge in [-0.25, -0.2) is 0 Å². The van der Waals surface area contributed by atoms with Crippen LogP contribution in [-0.2, 0) is 6.42 Å². The lowest BCUT2D eigenvalue weighted by Gasteiger charge is -2.06. The van der Waals surface area contributed by atoms with Gasteiger partial charge in [0.05, 0.1) is 11.9 Å². The maximum absolute atomic E-state index is 12.5. The Hall–Kier alpha value is -2.20. The van der Waals surface area contributed by atoms with Crippen LogP contribution < -0.4 is 0 Å². The summed E-state index contributed by atoms with van der Waals surface area (Å²) in [5.41, 5.74) is 2.22. The summed E-state index contributed by atoms with van der Waals surface area (Å²) >= 11 is 3.45. The fourth-order valence-electron chi connectivity index (χ4n) is 2.40. The Morgan fingerprint density at radius 1 is 1.10 bits per heavy atom. The van der Waals surface area contributed by atoms with Crippen LogP contribution in [0, 0.1) is 0 Å². The van der Waals surface area contributed by atoms with Gasteiger partial charge in [-0.05, 0) is 17.7 Å². The molecule has 0 aliphatic carbocycles. The van der Waals surface area contributed by atoms with E-state index in [0.717, 1.165) is 27.2 Å². The van der Waals surface area contributed by atoms with Gasteiger partial charge in [-0.1, -0.05) is 52.3 Å². The van der Waals surface area contributed by atoms with Crippen LogP contribution in [0.2, 0.25) is 0 Å². The third-order valence-corrected chi connectivity index (χ3v) is 4.21. The molecule has 0 spiro atoms. The number of benzene rings is 2. The number of fused-ring (bicyclic) bond motifs is 1. The van der Waals surface area contributed by atoms with E-state index in [9.17, 15) is 9.59 Å². The first kappa shape index (κ1) is 13.8. The Labute approximate surface area is 130 Å². The molecule has 2 aromatic carbocycles. The third-order valence-electron chi connectivity index (χ3n) is 3.44. The fourth-order valence-corrected chi connectivity index (χ4v) is 2.82. The predicted octanol–water partition coefficient (Wildman–Crippen LogP) is 4.10. The van der Waals surface area contributed by atoms with Crippen molar-refractivity contribution in [1.29, 1.82) is 0 Å². The second kappa shape index (κ2) is 5.66. The molecular weight excluding hydrogens is 330 g/mol. The van der Waals surface area contributed by atoms with Crippen molar-refractivity contribution < 1.29 is 9.59 Å². The molecule has 1 aromatic heterocycles. The number of carbonyl (C=O) groups is 2. The highest BCUT2D eigenvalue weighted by Gasteiger charge is 2.14. The Bertz CT molecular complexity index is 836. The summed E-state index contributed by atoms with van der Waals surface area (Å²) in [6, 6.07) is 15.0. The minimum Gasteiger partial charge on any atom is -0.298 e. The molecule has 0 saturated carbocycles. The summed E-state index contributed by atoms with van der Waals surface area (Å²) in [6.07, 6.45) is 2.67. The van der Waals surface area contributed by atoms with Crippen LogP contribution in [0.25, 0.3) is 10.9 Å². The first-order valence-corrected chi connectivity index (χ1v) is 7.32. The van der Waals surface area contributed by atoms with E-state index in [1.807, 2.05) is 48.5 Å². The lowest BCUT2D eigenvalue weighted by atomic mass is 10.1. The first-order chi connectivity index (χ1) is 10.2. The smallest absolute Gasteiger partial charge is 0.235 e. The molecule has 0 atom stereocenters. The van der Waals surface area contributed by atoms with Crippen molar-refractivity contribution in [1.82, 2.24) is 4.57 Å².